The van der Waals surface area contributed by atoms with Crippen molar-refractivity contribution in [1.82, 2.24) is 9.97 Å². The molecule has 2 aromatic heterocycles. The number of hydrogen-bond acceptors (Lipinski definition) is 4. The molecule has 2 aliphatic rings. The van der Waals surface area contributed by atoms with E-state index in [1.54, 1.807) is 16.8 Å². The molecule has 0 saturated heterocycles. The Kier molecular flexibility index (Phi) is 3.37. The van der Waals surface area contributed by atoms with Crippen LogP contribution in [0.1, 0.15) is 61.8 Å². The molecule has 1 saturated carbocycles. The smallest absolute Gasteiger partial charge is 0.141 e. The van der Waals surface area contributed by atoms with E-state index in [-0.39, 0.29) is 0 Å². The first kappa shape index (κ1) is 13.5. The monoisotopic (exact) mass is 301 g/mol. The van der Waals surface area contributed by atoms with E-state index in [0.29, 0.717) is 12.0 Å². The average molecular weight is 301 g/mol. The topological polar surface area (TPSA) is 29.0 Å². The van der Waals surface area contributed by atoms with E-state index < -0.39 is 0 Å². The number of aromatic nitrogens is 2. The maximum absolute atomic E-state index is 4.69. The lowest BCUT2D eigenvalue weighted by Crippen LogP contribution is -2.30. The van der Waals surface area contributed by atoms with E-state index in [0.717, 1.165) is 0 Å². The Morgan fingerprint density at radius 3 is 2.76 bits per heavy atom. The number of anilines is 1. The van der Waals surface area contributed by atoms with Crippen molar-refractivity contribution in [3.8, 4) is 0 Å². The van der Waals surface area contributed by atoms with Crippen LogP contribution in [0, 0.1) is 0 Å². The van der Waals surface area contributed by atoms with Crippen LogP contribution in [0.2, 0.25) is 0 Å². The quantitative estimate of drug-likeness (QED) is 0.817. The predicted octanol–water partition coefficient (Wildman–Crippen LogP) is 4.51. The average Bonchev–Trinajstić information content (AvgIpc) is 3.13. The number of hydrogen-bond donors (Lipinski definition) is 0. The first-order valence-electron chi connectivity index (χ1n) is 8.25. The predicted molar refractivity (Wildman–Crippen MR) is 89.4 cm³/mol. The van der Waals surface area contributed by atoms with Gasteiger partial charge in [-0.05, 0) is 43.6 Å². The zero-order valence-electron chi connectivity index (χ0n) is 12.9. The number of nitrogens with zero attached hydrogens (tertiary/aromatic N) is 3. The zero-order valence-corrected chi connectivity index (χ0v) is 13.7. The van der Waals surface area contributed by atoms with E-state index in [9.17, 15) is 0 Å². The second-order valence-corrected chi connectivity index (χ2v) is 7.74. The molecular formula is C17H23N3S. The van der Waals surface area contributed by atoms with Crippen LogP contribution < -0.4 is 4.90 Å². The summed E-state index contributed by atoms with van der Waals surface area (Å²) in [6, 6.07) is 0.664. The van der Waals surface area contributed by atoms with Crippen LogP contribution in [0.4, 0.5) is 5.82 Å². The van der Waals surface area contributed by atoms with Crippen molar-refractivity contribution < 1.29 is 0 Å². The van der Waals surface area contributed by atoms with Gasteiger partial charge in [0.25, 0.3) is 0 Å². The van der Waals surface area contributed by atoms with Crippen molar-refractivity contribution in [2.24, 2.45) is 0 Å². The fourth-order valence-corrected chi connectivity index (χ4v) is 5.43. The minimum absolute atomic E-state index is 0.657. The summed E-state index contributed by atoms with van der Waals surface area (Å²) >= 11 is 1.90. The van der Waals surface area contributed by atoms with Crippen molar-refractivity contribution in [1.29, 1.82) is 0 Å². The number of rotatable bonds is 2. The zero-order chi connectivity index (χ0) is 14.4. The highest BCUT2D eigenvalue weighted by atomic mass is 32.1. The summed E-state index contributed by atoms with van der Waals surface area (Å²) in [5.74, 6) is 1.84. The third-order valence-electron chi connectivity index (χ3n) is 5.32. The summed E-state index contributed by atoms with van der Waals surface area (Å²) in [5.41, 5.74) is 1.56. The molecule has 0 aliphatic heterocycles. The van der Waals surface area contributed by atoms with Gasteiger partial charge in [-0.25, -0.2) is 9.97 Å². The Hall–Kier alpha value is -1.16. The van der Waals surface area contributed by atoms with E-state index in [1.165, 1.54) is 61.0 Å². The molecule has 2 heterocycles. The molecule has 1 atom stereocenters. The largest absolute Gasteiger partial charge is 0.356 e. The van der Waals surface area contributed by atoms with Crippen LogP contribution in [-0.2, 0) is 6.42 Å². The highest BCUT2D eigenvalue weighted by molar-refractivity contribution is 7.19. The van der Waals surface area contributed by atoms with Crippen molar-refractivity contribution >= 4 is 27.4 Å². The van der Waals surface area contributed by atoms with E-state index in [1.807, 2.05) is 11.3 Å². The van der Waals surface area contributed by atoms with Crippen LogP contribution in [0.5, 0.6) is 0 Å². The van der Waals surface area contributed by atoms with Crippen molar-refractivity contribution in [3.63, 3.8) is 0 Å². The number of aryl methyl sites for hydroxylation is 1. The van der Waals surface area contributed by atoms with Gasteiger partial charge in [-0.15, -0.1) is 11.3 Å². The molecule has 1 fully saturated rings. The fraction of sp³-hybridized carbons (Fsp3) is 0.647. The molecule has 0 spiro atoms. The molecule has 0 bridgehead atoms. The van der Waals surface area contributed by atoms with Gasteiger partial charge in [-0.2, -0.15) is 0 Å². The molecule has 0 N–H and O–H groups in total. The van der Waals surface area contributed by atoms with E-state index in [4.69, 9.17) is 0 Å². The second-order valence-electron chi connectivity index (χ2n) is 6.66. The molecule has 0 aromatic carbocycles. The highest BCUT2D eigenvalue weighted by Gasteiger charge is 2.28. The minimum atomic E-state index is 0.657. The summed E-state index contributed by atoms with van der Waals surface area (Å²) in [7, 11) is 2.23. The Morgan fingerprint density at radius 2 is 1.95 bits per heavy atom. The van der Waals surface area contributed by atoms with Gasteiger partial charge in [0.1, 0.15) is 17.0 Å². The van der Waals surface area contributed by atoms with Gasteiger partial charge in [0.15, 0.2) is 0 Å². The maximum atomic E-state index is 4.69. The van der Waals surface area contributed by atoms with Gasteiger partial charge in [0.05, 0.1) is 5.39 Å². The lowest BCUT2D eigenvalue weighted by atomic mass is 9.87. The van der Waals surface area contributed by atoms with Gasteiger partial charge >= 0.3 is 0 Å². The molecule has 0 amide bonds. The normalized spacial score (nSPS) is 22.7. The summed E-state index contributed by atoms with van der Waals surface area (Å²) in [6.45, 7) is 2.37. The van der Waals surface area contributed by atoms with Crippen molar-refractivity contribution in [2.75, 3.05) is 11.9 Å². The standard InChI is InChI=1S/C17H23N3S/c1-11-6-5-9-13-14(11)15-16(18-10-19-17(15)21-13)20(2)12-7-3-4-8-12/h10-12H,3-9H2,1-2H3/t11-/m0/s1. The highest BCUT2D eigenvalue weighted by Crippen LogP contribution is 2.44. The first-order chi connectivity index (χ1) is 10.3. The molecule has 4 heteroatoms. The number of fused-ring (bicyclic) bond motifs is 3. The van der Waals surface area contributed by atoms with Gasteiger partial charge in [0.2, 0.25) is 0 Å². The molecular weight excluding hydrogens is 278 g/mol. The molecule has 21 heavy (non-hydrogen) atoms. The fourth-order valence-electron chi connectivity index (χ4n) is 4.14. The van der Waals surface area contributed by atoms with Crippen molar-refractivity contribution in [3.05, 3.63) is 16.8 Å². The Bertz CT molecular complexity index is 657. The third kappa shape index (κ3) is 2.15. The van der Waals surface area contributed by atoms with Crippen LogP contribution in [0.15, 0.2) is 6.33 Å². The molecule has 2 aliphatic carbocycles. The molecule has 112 valence electrons. The SMILES string of the molecule is C[C@H]1CCCc2sc3ncnc(N(C)C4CCCC4)c3c21. The van der Waals surface area contributed by atoms with Crippen LogP contribution >= 0.6 is 11.3 Å². The molecule has 0 unspecified atom stereocenters. The summed E-state index contributed by atoms with van der Waals surface area (Å²) in [5, 5.41) is 1.36. The van der Waals surface area contributed by atoms with Gasteiger partial charge in [-0.3, -0.25) is 0 Å². The number of thiophene rings is 1. The summed E-state index contributed by atoms with van der Waals surface area (Å²) < 4.78 is 0. The maximum Gasteiger partial charge on any atom is 0.141 e. The van der Waals surface area contributed by atoms with Gasteiger partial charge < -0.3 is 4.90 Å². The molecule has 0 radical (unpaired) electrons. The third-order valence-corrected chi connectivity index (χ3v) is 6.50. The minimum Gasteiger partial charge on any atom is -0.356 e. The first-order valence-corrected chi connectivity index (χ1v) is 9.06. The summed E-state index contributed by atoms with van der Waals surface area (Å²) in [4.78, 5) is 14.5. The van der Waals surface area contributed by atoms with Crippen molar-refractivity contribution in [2.45, 2.75) is 63.8 Å². The Balaban J connectivity index is 1.86. The molecule has 2 aromatic rings. The molecule has 3 nitrogen and oxygen atoms in total. The van der Waals surface area contributed by atoms with Crippen LogP contribution in [-0.4, -0.2) is 23.1 Å². The Morgan fingerprint density at radius 1 is 1.14 bits per heavy atom. The Labute approximate surface area is 130 Å². The summed E-state index contributed by atoms with van der Waals surface area (Å²) in [6.07, 6.45) is 11.0. The lowest BCUT2D eigenvalue weighted by Gasteiger charge is -2.27. The van der Waals surface area contributed by atoms with Gasteiger partial charge in [0, 0.05) is 18.0 Å². The van der Waals surface area contributed by atoms with Crippen LogP contribution in [0.3, 0.4) is 0 Å². The van der Waals surface area contributed by atoms with Crippen LogP contribution in [0.25, 0.3) is 10.2 Å². The molecule has 4 rings (SSSR count). The van der Waals surface area contributed by atoms with Gasteiger partial charge in [-0.1, -0.05) is 19.8 Å². The second kappa shape index (κ2) is 5.24. The van der Waals surface area contributed by atoms with E-state index in [2.05, 4.69) is 28.8 Å². The lowest BCUT2D eigenvalue weighted by molar-refractivity contribution is 0.601. The van der Waals surface area contributed by atoms with E-state index >= 15 is 0 Å².